The van der Waals surface area contributed by atoms with Crippen molar-refractivity contribution in [1.82, 2.24) is 4.57 Å². The fourth-order valence-electron chi connectivity index (χ4n) is 3.51. The van der Waals surface area contributed by atoms with Gasteiger partial charge in [-0.2, -0.15) is 0 Å². The van der Waals surface area contributed by atoms with E-state index in [1.54, 1.807) is 0 Å². The Morgan fingerprint density at radius 2 is 1.43 bits per heavy atom. The molecule has 0 fully saturated rings. The molecule has 0 unspecified atom stereocenters. The third-order valence-corrected chi connectivity index (χ3v) is 10.5. The van der Waals surface area contributed by atoms with Gasteiger partial charge in [0.1, 0.15) is 5.75 Å². The molecule has 0 aliphatic heterocycles. The molecule has 28 heavy (non-hydrogen) atoms. The number of nitrogens with zero attached hydrogens (tertiary/aromatic N) is 1. The first-order valence-corrected chi connectivity index (χ1v) is 12.9. The normalized spacial score (nSPS) is 12.6. The Balaban J connectivity index is 1.92. The Labute approximate surface area is 168 Å². The van der Waals surface area contributed by atoms with E-state index in [-0.39, 0.29) is 5.04 Å². The molecule has 0 saturated carbocycles. The molecule has 0 atom stereocenters. The lowest BCUT2D eigenvalue weighted by Gasteiger charge is -2.36. The molecule has 1 aromatic heterocycles. The van der Waals surface area contributed by atoms with Gasteiger partial charge in [-0.3, -0.25) is 0 Å². The molecule has 0 N–H and O–H groups in total. The zero-order chi connectivity index (χ0) is 19.9. The van der Waals surface area contributed by atoms with Crippen molar-refractivity contribution in [2.24, 2.45) is 0 Å². The van der Waals surface area contributed by atoms with Crippen LogP contribution < -0.4 is 4.43 Å². The van der Waals surface area contributed by atoms with Crippen LogP contribution in [0.5, 0.6) is 5.75 Å². The summed E-state index contributed by atoms with van der Waals surface area (Å²) in [6.07, 6.45) is 0. The fraction of sp³-hybridized carbons (Fsp3) is 0.280. The molecule has 0 bridgehead atoms. The largest absolute Gasteiger partial charge is 0.543 e. The summed E-state index contributed by atoms with van der Waals surface area (Å²) in [6, 6.07) is 25.8. The van der Waals surface area contributed by atoms with E-state index < -0.39 is 8.32 Å². The Morgan fingerprint density at radius 1 is 0.786 bits per heavy atom. The first-order chi connectivity index (χ1) is 13.3. The number of hydrogen-bond acceptors (Lipinski definition) is 1. The van der Waals surface area contributed by atoms with Gasteiger partial charge < -0.3 is 8.99 Å². The minimum absolute atomic E-state index is 0.164. The van der Waals surface area contributed by atoms with Crippen molar-refractivity contribution >= 4 is 30.1 Å². The number of hydrogen-bond donors (Lipinski definition) is 0. The molecule has 0 radical (unpaired) electrons. The van der Waals surface area contributed by atoms with Crippen LogP contribution in [0.25, 0.3) is 21.8 Å². The van der Waals surface area contributed by atoms with Crippen LogP contribution in [0.15, 0.2) is 72.8 Å². The van der Waals surface area contributed by atoms with Crippen LogP contribution >= 0.6 is 0 Å². The van der Waals surface area contributed by atoms with Gasteiger partial charge in [0.25, 0.3) is 8.32 Å². The smallest absolute Gasteiger partial charge is 0.250 e. The summed E-state index contributed by atoms with van der Waals surface area (Å²) in [5, 5.41) is 2.67. The second kappa shape index (κ2) is 6.82. The maximum Gasteiger partial charge on any atom is 0.250 e. The van der Waals surface area contributed by atoms with Gasteiger partial charge in [-0.1, -0.05) is 75.4 Å². The number of benzene rings is 3. The third kappa shape index (κ3) is 3.24. The van der Waals surface area contributed by atoms with Gasteiger partial charge in [0.15, 0.2) is 0 Å². The maximum absolute atomic E-state index is 6.78. The Kier molecular flexibility index (Phi) is 4.58. The molecule has 0 aliphatic carbocycles. The predicted octanol–water partition coefficient (Wildman–Crippen LogP) is 7.23. The first kappa shape index (κ1) is 18.8. The van der Waals surface area contributed by atoms with Gasteiger partial charge in [0.2, 0.25) is 0 Å². The molecule has 4 rings (SSSR count). The Hall–Kier alpha value is -2.52. The summed E-state index contributed by atoms with van der Waals surface area (Å²) in [7, 11) is -1.92. The van der Waals surface area contributed by atoms with Crippen molar-refractivity contribution in [3.05, 3.63) is 78.4 Å². The van der Waals surface area contributed by atoms with E-state index in [4.69, 9.17) is 4.43 Å². The fourth-order valence-corrected chi connectivity index (χ4v) is 4.54. The second-order valence-electron chi connectivity index (χ2n) is 9.10. The van der Waals surface area contributed by atoms with Gasteiger partial charge in [-0.25, -0.2) is 0 Å². The minimum atomic E-state index is -1.92. The highest BCUT2D eigenvalue weighted by Gasteiger charge is 2.39. The summed E-state index contributed by atoms with van der Waals surface area (Å²) in [4.78, 5) is 0. The molecule has 3 heteroatoms. The molecule has 0 spiro atoms. The number of para-hydroxylation sites is 1. The molecule has 4 aromatic rings. The van der Waals surface area contributed by atoms with Gasteiger partial charge in [-0.15, -0.1) is 0 Å². The molecule has 144 valence electrons. The Bertz CT molecular complexity index is 1120. The van der Waals surface area contributed by atoms with Crippen LogP contribution in [-0.2, 0) is 6.54 Å². The van der Waals surface area contributed by atoms with E-state index in [0.717, 1.165) is 12.3 Å². The first-order valence-electron chi connectivity index (χ1n) is 10.0. The Morgan fingerprint density at radius 3 is 2.14 bits per heavy atom. The quantitative estimate of drug-likeness (QED) is 0.337. The molecule has 0 amide bonds. The number of aromatic nitrogens is 1. The van der Waals surface area contributed by atoms with Crippen LogP contribution in [0, 0.1) is 0 Å². The van der Waals surface area contributed by atoms with Crippen molar-refractivity contribution in [1.29, 1.82) is 0 Å². The highest BCUT2D eigenvalue weighted by Crippen LogP contribution is 2.42. The summed E-state index contributed by atoms with van der Waals surface area (Å²) in [6.45, 7) is 12.4. The van der Waals surface area contributed by atoms with Crippen molar-refractivity contribution in [3.63, 3.8) is 0 Å². The standard InChI is InChI=1S/C25H29NOSi/c1-25(2,3)28(4,5)27-23-17-11-16-22-24(23)20-14-9-10-15-21(20)26(22)18-19-12-7-6-8-13-19/h6-17H,18H2,1-5H3. The molecule has 3 aromatic carbocycles. The van der Waals surface area contributed by atoms with Crippen LogP contribution in [0.4, 0.5) is 0 Å². The lowest BCUT2D eigenvalue weighted by Crippen LogP contribution is -2.43. The lowest BCUT2D eigenvalue weighted by atomic mass is 10.1. The van der Waals surface area contributed by atoms with Crippen molar-refractivity contribution in [2.75, 3.05) is 0 Å². The van der Waals surface area contributed by atoms with Crippen molar-refractivity contribution in [2.45, 2.75) is 45.4 Å². The van der Waals surface area contributed by atoms with Crippen LogP contribution in [0.3, 0.4) is 0 Å². The van der Waals surface area contributed by atoms with Gasteiger partial charge in [0, 0.05) is 22.8 Å². The van der Waals surface area contributed by atoms with E-state index in [9.17, 15) is 0 Å². The van der Waals surface area contributed by atoms with Crippen LogP contribution in [-0.4, -0.2) is 12.9 Å². The molecule has 2 nitrogen and oxygen atoms in total. The van der Waals surface area contributed by atoms with Crippen molar-refractivity contribution < 1.29 is 4.43 Å². The van der Waals surface area contributed by atoms with E-state index in [1.165, 1.54) is 27.4 Å². The summed E-state index contributed by atoms with van der Waals surface area (Å²) in [5.41, 5.74) is 3.80. The summed E-state index contributed by atoms with van der Waals surface area (Å²) < 4.78 is 9.19. The highest BCUT2D eigenvalue weighted by molar-refractivity contribution is 6.74. The van der Waals surface area contributed by atoms with E-state index in [2.05, 4.69) is 111 Å². The lowest BCUT2D eigenvalue weighted by molar-refractivity contribution is 0.497. The summed E-state index contributed by atoms with van der Waals surface area (Å²) in [5.74, 6) is 1.02. The highest BCUT2D eigenvalue weighted by atomic mass is 28.4. The molecule has 0 saturated heterocycles. The van der Waals surface area contributed by atoms with E-state index in [0.29, 0.717) is 0 Å². The van der Waals surface area contributed by atoms with Crippen LogP contribution in [0.2, 0.25) is 18.1 Å². The SMILES string of the molecule is CC(C)(C)[Si](C)(C)Oc1cccc2c1c1ccccc1n2Cc1ccccc1. The maximum atomic E-state index is 6.78. The summed E-state index contributed by atoms with van der Waals surface area (Å²) >= 11 is 0. The molecule has 0 aliphatic rings. The van der Waals surface area contributed by atoms with Gasteiger partial charge >= 0.3 is 0 Å². The zero-order valence-electron chi connectivity index (χ0n) is 17.5. The van der Waals surface area contributed by atoms with E-state index in [1.807, 2.05) is 0 Å². The van der Waals surface area contributed by atoms with Crippen LogP contribution in [0.1, 0.15) is 26.3 Å². The van der Waals surface area contributed by atoms with Crippen molar-refractivity contribution in [3.8, 4) is 5.75 Å². The number of rotatable bonds is 4. The topological polar surface area (TPSA) is 14.2 Å². The van der Waals surface area contributed by atoms with Gasteiger partial charge in [0.05, 0.1) is 5.52 Å². The molecular formula is C25H29NOSi. The average molecular weight is 388 g/mol. The second-order valence-corrected chi connectivity index (χ2v) is 13.8. The van der Waals surface area contributed by atoms with Gasteiger partial charge in [-0.05, 0) is 41.9 Å². The third-order valence-electron chi connectivity index (χ3n) is 6.11. The van der Waals surface area contributed by atoms with E-state index >= 15 is 0 Å². The number of fused-ring (bicyclic) bond motifs is 3. The average Bonchev–Trinajstić information content (AvgIpc) is 2.97. The molecular weight excluding hydrogens is 358 g/mol. The molecule has 1 heterocycles. The zero-order valence-corrected chi connectivity index (χ0v) is 18.5. The predicted molar refractivity (Wildman–Crippen MR) is 123 cm³/mol. The minimum Gasteiger partial charge on any atom is -0.543 e. The monoisotopic (exact) mass is 387 g/mol.